The number of pyridine rings is 1. The number of hydrogen-bond acceptors (Lipinski definition) is 3. The van der Waals surface area contributed by atoms with E-state index >= 15 is 0 Å². The predicted molar refractivity (Wildman–Crippen MR) is 66.1 cm³/mol. The van der Waals surface area contributed by atoms with Gasteiger partial charge in [0.05, 0.1) is 0 Å². The lowest BCUT2D eigenvalue weighted by Crippen LogP contribution is -2.32. The molecule has 1 heterocycles. The number of carbonyl (C=O) groups is 1. The molecule has 0 aliphatic rings. The number of fused-ring (bicyclic) bond motifs is 1. The zero-order chi connectivity index (χ0) is 12.6. The molecular weight excluding hydrogens is 218 g/mol. The topological polar surface area (TPSA) is 79.5 Å². The van der Waals surface area contributed by atoms with Crippen molar-refractivity contribution in [2.75, 3.05) is 11.9 Å². The first-order chi connectivity index (χ1) is 7.99. The predicted octanol–water partition coefficient (Wildman–Crippen LogP) is 1.76. The number of hydrogen-bond donors (Lipinski definition) is 2. The largest absolute Gasteiger partial charge is 0.508 e. The molecule has 0 aliphatic heterocycles. The summed E-state index contributed by atoms with van der Waals surface area (Å²) in [5, 5.41) is 11.2. The highest BCUT2D eigenvalue weighted by molar-refractivity contribution is 5.93. The Kier molecular flexibility index (Phi) is 2.59. The van der Waals surface area contributed by atoms with Crippen molar-refractivity contribution in [2.24, 2.45) is 5.73 Å². The van der Waals surface area contributed by atoms with Crippen LogP contribution in [0.4, 0.5) is 10.6 Å². The molecule has 17 heavy (non-hydrogen) atoms. The van der Waals surface area contributed by atoms with Gasteiger partial charge in [-0.2, -0.15) is 0 Å². The number of amides is 2. The summed E-state index contributed by atoms with van der Waals surface area (Å²) in [7, 11) is 1.55. The van der Waals surface area contributed by atoms with Gasteiger partial charge in [0.15, 0.2) is 0 Å². The van der Waals surface area contributed by atoms with E-state index in [0.29, 0.717) is 5.82 Å². The van der Waals surface area contributed by atoms with Gasteiger partial charge >= 0.3 is 6.03 Å². The van der Waals surface area contributed by atoms with Crippen molar-refractivity contribution in [1.29, 1.82) is 0 Å². The van der Waals surface area contributed by atoms with E-state index in [1.165, 1.54) is 4.90 Å². The molecule has 0 fully saturated rings. The number of rotatable bonds is 1. The highest BCUT2D eigenvalue weighted by Gasteiger charge is 2.10. The molecule has 1 aromatic heterocycles. The Morgan fingerprint density at radius 3 is 2.76 bits per heavy atom. The van der Waals surface area contributed by atoms with Crippen molar-refractivity contribution >= 4 is 22.6 Å². The molecule has 5 heteroatoms. The fourth-order valence-corrected chi connectivity index (χ4v) is 1.69. The van der Waals surface area contributed by atoms with Crippen LogP contribution in [0, 0.1) is 6.92 Å². The third kappa shape index (κ3) is 1.99. The number of aromatic nitrogens is 1. The smallest absolute Gasteiger partial charge is 0.320 e. The van der Waals surface area contributed by atoms with Crippen molar-refractivity contribution in [1.82, 2.24) is 4.98 Å². The van der Waals surface area contributed by atoms with Crippen LogP contribution in [0.5, 0.6) is 5.75 Å². The zero-order valence-corrected chi connectivity index (χ0v) is 9.64. The molecule has 3 N–H and O–H groups in total. The summed E-state index contributed by atoms with van der Waals surface area (Å²) in [6, 6.07) is 6.17. The molecule has 2 rings (SSSR count). The Hall–Kier alpha value is -2.30. The normalized spacial score (nSPS) is 10.5. The fourth-order valence-electron chi connectivity index (χ4n) is 1.69. The van der Waals surface area contributed by atoms with Crippen LogP contribution in [-0.2, 0) is 0 Å². The van der Waals surface area contributed by atoms with Crippen LogP contribution in [0.1, 0.15) is 5.69 Å². The van der Waals surface area contributed by atoms with E-state index in [-0.39, 0.29) is 5.75 Å². The summed E-state index contributed by atoms with van der Waals surface area (Å²) < 4.78 is 0. The highest BCUT2D eigenvalue weighted by atomic mass is 16.3. The van der Waals surface area contributed by atoms with Gasteiger partial charge in [-0.05, 0) is 36.6 Å². The van der Waals surface area contributed by atoms with Crippen LogP contribution < -0.4 is 10.6 Å². The van der Waals surface area contributed by atoms with Crippen LogP contribution in [0.2, 0.25) is 0 Å². The van der Waals surface area contributed by atoms with Gasteiger partial charge in [-0.15, -0.1) is 0 Å². The third-order valence-corrected chi connectivity index (χ3v) is 2.67. The molecule has 0 bridgehead atoms. The quantitative estimate of drug-likeness (QED) is 0.784. The lowest BCUT2D eigenvalue weighted by atomic mass is 10.1. The van der Waals surface area contributed by atoms with Gasteiger partial charge in [-0.1, -0.05) is 0 Å². The van der Waals surface area contributed by atoms with E-state index in [1.54, 1.807) is 31.3 Å². The molecule has 0 radical (unpaired) electrons. The van der Waals surface area contributed by atoms with Crippen LogP contribution in [-0.4, -0.2) is 23.2 Å². The number of carbonyl (C=O) groups excluding carboxylic acids is 1. The fraction of sp³-hybridized carbons (Fsp3) is 0.167. The maximum absolute atomic E-state index is 11.1. The van der Waals surface area contributed by atoms with E-state index in [0.717, 1.165) is 16.5 Å². The van der Waals surface area contributed by atoms with Crippen LogP contribution in [0.3, 0.4) is 0 Å². The second kappa shape index (κ2) is 3.93. The van der Waals surface area contributed by atoms with Crippen molar-refractivity contribution in [2.45, 2.75) is 6.92 Å². The summed E-state index contributed by atoms with van der Waals surface area (Å²) >= 11 is 0. The molecular formula is C12H13N3O2. The average Bonchev–Trinajstić information content (AvgIpc) is 2.27. The second-order valence-electron chi connectivity index (χ2n) is 3.87. The molecule has 0 atom stereocenters. The lowest BCUT2D eigenvalue weighted by Gasteiger charge is -2.15. The number of phenolic OH excluding ortho intramolecular Hbond substituents is 1. The van der Waals surface area contributed by atoms with Gasteiger partial charge in [-0.3, -0.25) is 4.90 Å². The number of nitrogens with two attached hydrogens (primary N) is 1. The summed E-state index contributed by atoms with van der Waals surface area (Å²) in [6.07, 6.45) is 0. The first kappa shape index (κ1) is 11.2. The Morgan fingerprint density at radius 1 is 1.41 bits per heavy atom. The molecule has 0 spiro atoms. The van der Waals surface area contributed by atoms with Crippen molar-refractivity contribution in [3.05, 3.63) is 30.0 Å². The molecule has 0 unspecified atom stereocenters. The number of urea groups is 1. The second-order valence-corrected chi connectivity index (χ2v) is 3.87. The van der Waals surface area contributed by atoms with E-state index in [2.05, 4.69) is 4.98 Å². The minimum absolute atomic E-state index is 0.177. The van der Waals surface area contributed by atoms with Gasteiger partial charge in [0, 0.05) is 18.1 Å². The van der Waals surface area contributed by atoms with Crippen LogP contribution in [0.25, 0.3) is 10.8 Å². The number of benzene rings is 1. The Labute approximate surface area is 98.5 Å². The highest BCUT2D eigenvalue weighted by Crippen LogP contribution is 2.25. The molecule has 0 aliphatic carbocycles. The molecule has 0 saturated carbocycles. The number of primary amides is 1. The number of aromatic hydroxyl groups is 1. The molecule has 88 valence electrons. The molecule has 5 nitrogen and oxygen atoms in total. The molecule has 1 aromatic carbocycles. The van der Waals surface area contributed by atoms with Crippen molar-refractivity contribution in [3.63, 3.8) is 0 Å². The van der Waals surface area contributed by atoms with E-state index < -0.39 is 6.03 Å². The van der Waals surface area contributed by atoms with Gasteiger partial charge in [0.25, 0.3) is 0 Å². The van der Waals surface area contributed by atoms with Crippen LogP contribution in [0.15, 0.2) is 24.3 Å². The van der Waals surface area contributed by atoms with Crippen molar-refractivity contribution < 1.29 is 9.90 Å². The molecule has 2 amide bonds. The molecule has 2 aromatic rings. The number of phenols is 1. The Morgan fingerprint density at radius 2 is 2.12 bits per heavy atom. The van der Waals surface area contributed by atoms with Gasteiger partial charge in [0.1, 0.15) is 11.6 Å². The standard InChI is InChI=1S/C12H13N3O2/c1-7-10-4-3-9(16)5-8(10)6-11(14-7)15(2)12(13)17/h3-6,16H,1-2H3,(H2,13,17). The first-order valence-electron chi connectivity index (χ1n) is 5.12. The number of anilines is 1. The molecule has 0 saturated heterocycles. The minimum Gasteiger partial charge on any atom is -0.508 e. The van der Waals surface area contributed by atoms with E-state index in [9.17, 15) is 9.90 Å². The number of aryl methyl sites for hydroxylation is 1. The first-order valence-corrected chi connectivity index (χ1v) is 5.12. The van der Waals surface area contributed by atoms with Gasteiger partial charge in [-0.25, -0.2) is 9.78 Å². The average molecular weight is 231 g/mol. The van der Waals surface area contributed by atoms with E-state index in [4.69, 9.17) is 5.73 Å². The maximum atomic E-state index is 11.1. The van der Waals surface area contributed by atoms with Crippen molar-refractivity contribution in [3.8, 4) is 5.75 Å². The van der Waals surface area contributed by atoms with E-state index in [1.807, 2.05) is 6.92 Å². The third-order valence-electron chi connectivity index (χ3n) is 2.67. The SMILES string of the molecule is Cc1nc(N(C)C(N)=O)cc2cc(O)ccc12. The van der Waals surface area contributed by atoms with Gasteiger partial charge in [0.2, 0.25) is 0 Å². The summed E-state index contributed by atoms with van der Waals surface area (Å²) in [5.74, 6) is 0.642. The summed E-state index contributed by atoms with van der Waals surface area (Å²) in [4.78, 5) is 16.6. The Bertz CT molecular complexity index is 596. The van der Waals surface area contributed by atoms with Gasteiger partial charge < -0.3 is 10.8 Å². The monoisotopic (exact) mass is 231 g/mol. The van der Waals surface area contributed by atoms with Crippen LogP contribution >= 0.6 is 0 Å². The lowest BCUT2D eigenvalue weighted by molar-refractivity contribution is 0.255. The minimum atomic E-state index is -0.573. The summed E-state index contributed by atoms with van der Waals surface area (Å²) in [6.45, 7) is 1.84. The number of nitrogens with zero attached hydrogens (tertiary/aromatic N) is 2. The zero-order valence-electron chi connectivity index (χ0n) is 9.64. The maximum Gasteiger partial charge on any atom is 0.320 e. The summed E-state index contributed by atoms with van der Waals surface area (Å²) in [5.41, 5.74) is 5.97. The Balaban J connectivity index is 2.65.